The molecule has 33 heavy (non-hydrogen) atoms. The van der Waals surface area contributed by atoms with Gasteiger partial charge in [0.2, 0.25) is 0 Å². The van der Waals surface area contributed by atoms with E-state index >= 15 is 0 Å². The Bertz CT molecular complexity index is 1120. The van der Waals surface area contributed by atoms with Gasteiger partial charge in [0.25, 0.3) is 0 Å². The van der Waals surface area contributed by atoms with Gasteiger partial charge in [0.15, 0.2) is 16.6 Å². The second kappa shape index (κ2) is 10.7. The smallest absolute Gasteiger partial charge is 0.176 e. The molecule has 1 aliphatic heterocycles. The molecule has 1 aromatic heterocycles. The van der Waals surface area contributed by atoms with Crippen LogP contribution in [0.2, 0.25) is 0 Å². The van der Waals surface area contributed by atoms with Crippen LogP contribution in [0.15, 0.2) is 36.7 Å². The summed E-state index contributed by atoms with van der Waals surface area (Å²) >= 11 is 5.23. The minimum Gasteiger partial charge on any atom is -0.493 e. The standard InChI is InChI=1S/C23H25F2N5O2S/c1-31-19-12-15-18(13-20(19)32-11-5-10-30-8-2-3-9-30)26-14-27-22(15)29-23(33)28-21-16(24)6-4-7-17(21)25/h4,6-7,12-14H,2-3,5,8-11H2,1H3,(H2,26,27,28,29,33). The van der Waals surface area contributed by atoms with Gasteiger partial charge in [0, 0.05) is 18.0 Å². The predicted octanol–water partition coefficient (Wildman–Crippen LogP) is 4.59. The normalized spacial score (nSPS) is 13.8. The van der Waals surface area contributed by atoms with Crippen molar-refractivity contribution >= 4 is 39.7 Å². The monoisotopic (exact) mass is 473 g/mol. The van der Waals surface area contributed by atoms with Gasteiger partial charge in [-0.15, -0.1) is 0 Å². The number of nitrogens with zero attached hydrogens (tertiary/aromatic N) is 3. The van der Waals surface area contributed by atoms with Crippen LogP contribution >= 0.6 is 12.2 Å². The number of hydrogen-bond donors (Lipinski definition) is 2. The molecule has 1 fully saturated rings. The molecule has 174 valence electrons. The molecule has 0 atom stereocenters. The molecule has 0 radical (unpaired) electrons. The summed E-state index contributed by atoms with van der Waals surface area (Å²) in [6.45, 7) is 3.90. The zero-order chi connectivity index (χ0) is 23.2. The molecule has 7 nitrogen and oxygen atoms in total. The van der Waals surface area contributed by atoms with Gasteiger partial charge in [-0.25, -0.2) is 18.7 Å². The van der Waals surface area contributed by atoms with Gasteiger partial charge in [-0.2, -0.15) is 0 Å². The fraction of sp³-hybridized carbons (Fsp3) is 0.348. The van der Waals surface area contributed by atoms with Crippen molar-refractivity contribution in [2.45, 2.75) is 19.3 Å². The SMILES string of the molecule is COc1cc2c(NC(=S)Nc3c(F)cccc3F)ncnc2cc1OCCCN1CCCC1. The van der Waals surface area contributed by atoms with Crippen molar-refractivity contribution in [1.29, 1.82) is 0 Å². The van der Waals surface area contributed by atoms with Crippen LogP contribution in [0.1, 0.15) is 19.3 Å². The number of ether oxygens (including phenoxy) is 2. The molecule has 2 aromatic carbocycles. The Morgan fingerprint density at radius 2 is 1.85 bits per heavy atom. The number of likely N-dealkylation sites (tertiary alicyclic amines) is 1. The number of benzene rings is 2. The molecule has 0 unspecified atom stereocenters. The van der Waals surface area contributed by atoms with Crippen LogP contribution in [0, 0.1) is 11.6 Å². The molecule has 0 saturated carbocycles. The number of nitrogens with one attached hydrogen (secondary N) is 2. The third-order valence-corrected chi connectivity index (χ3v) is 5.63. The molecule has 0 spiro atoms. The summed E-state index contributed by atoms with van der Waals surface area (Å²) in [5, 5.41) is 6.02. The van der Waals surface area contributed by atoms with Crippen molar-refractivity contribution in [2.24, 2.45) is 0 Å². The van der Waals surface area contributed by atoms with Crippen LogP contribution in [-0.2, 0) is 0 Å². The maximum absolute atomic E-state index is 13.9. The summed E-state index contributed by atoms with van der Waals surface area (Å²) in [7, 11) is 1.56. The van der Waals surface area contributed by atoms with Crippen molar-refractivity contribution in [1.82, 2.24) is 14.9 Å². The number of methoxy groups -OCH3 is 1. The lowest BCUT2D eigenvalue weighted by atomic mass is 10.2. The Kier molecular flexibility index (Phi) is 7.46. The Morgan fingerprint density at radius 1 is 1.09 bits per heavy atom. The highest BCUT2D eigenvalue weighted by Gasteiger charge is 2.15. The van der Waals surface area contributed by atoms with E-state index in [1.807, 2.05) is 0 Å². The fourth-order valence-corrected chi connectivity index (χ4v) is 3.98. The van der Waals surface area contributed by atoms with Crippen LogP contribution < -0.4 is 20.1 Å². The van der Waals surface area contributed by atoms with Gasteiger partial charge in [0.05, 0.1) is 19.2 Å². The molecule has 10 heteroatoms. The van der Waals surface area contributed by atoms with E-state index in [0.717, 1.165) is 38.2 Å². The van der Waals surface area contributed by atoms with Crippen molar-refractivity contribution in [2.75, 3.05) is 44.0 Å². The number of rotatable bonds is 8. The Hall–Kier alpha value is -3.11. The second-order valence-electron chi connectivity index (χ2n) is 7.67. The van der Waals surface area contributed by atoms with Crippen LogP contribution in [0.25, 0.3) is 10.9 Å². The molecule has 2 N–H and O–H groups in total. The Morgan fingerprint density at radius 3 is 2.58 bits per heavy atom. The molecule has 1 saturated heterocycles. The second-order valence-corrected chi connectivity index (χ2v) is 8.08. The lowest BCUT2D eigenvalue weighted by molar-refractivity contribution is 0.254. The lowest BCUT2D eigenvalue weighted by Crippen LogP contribution is -2.22. The van der Waals surface area contributed by atoms with Crippen LogP contribution in [-0.4, -0.2) is 53.3 Å². The fourth-order valence-electron chi connectivity index (χ4n) is 3.78. The quantitative estimate of drug-likeness (QED) is 0.364. The number of thiocarbonyl (C=S) groups is 1. The first kappa shape index (κ1) is 23.1. The van der Waals surface area contributed by atoms with E-state index in [2.05, 4.69) is 25.5 Å². The maximum atomic E-state index is 13.9. The van der Waals surface area contributed by atoms with Crippen LogP contribution in [0.4, 0.5) is 20.3 Å². The van der Waals surface area contributed by atoms with Crippen molar-refractivity contribution in [3.05, 3.63) is 48.3 Å². The van der Waals surface area contributed by atoms with E-state index in [4.69, 9.17) is 21.7 Å². The Balaban J connectivity index is 1.47. The average molecular weight is 474 g/mol. The molecular formula is C23H25F2N5O2S. The molecule has 3 aromatic rings. The summed E-state index contributed by atoms with van der Waals surface area (Å²) in [4.78, 5) is 11.0. The molecule has 1 aliphatic rings. The Labute approximate surface area is 196 Å². The molecule has 0 aliphatic carbocycles. The highest BCUT2D eigenvalue weighted by molar-refractivity contribution is 7.80. The van der Waals surface area contributed by atoms with E-state index < -0.39 is 11.6 Å². The third kappa shape index (κ3) is 5.63. The minimum atomic E-state index is -0.750. The highest BCUT2D eigenvalue weighted by atomic mass is 32.1. The summed E-state index contributed by atoms with van der Waals surface area (Å²) < 4.78 is 39.3. The van der Waals surface area contributed by atoms with Crippen molar-refractivity contribution in [3.63, 3.8) is 0 Å². The zero-order valence-electron chi connectivity index (χ0n) is 18.2. The van der Waals surface area contributed by atoms with Gasteiger partial charge >= 0.3 is 0 Å². The lowest BCUT2D eigenvalue weighted by Gasteiger charge is -2.16. The molecular weight excluding hydrogens is 448 g/mol. The van der Waals surface area contributed by atoms with Crippen molar-refractivity contribution in [3.8, 4) is 11.5 Å². The van der Waals surface area contributed by atoms with E-state index in [-0.39, 0.29) is 10.8 Å². The average Bonchev–Trinajstić information content (AvgIpc) is 3.32. The number of hydrogen-bond acceptors (Lipinski definition) is 6. The van der Waals surface area contributed by atoms with Crippen molar-refractivity contribution < 1.29 is 18.3 Å². The number of para-hydroxylation sites is 1. The van der Waals surface area contributed by atoms with E-state index in [0.29, 0.717) is 34.8 Å². The first-order valence-corrected chi connectivity index (χ1v) is 11.2. The van der Waals surface area contributed by atoms with Gasteiger partial charge in [-0.3, -0.25) is 0 Å². The number of aromatic nitrogens is 2. The van der Waals surface area contributed by atoms with E-state index in [1.54, 1.807) is 19.2 Å². The predicted molar refractivity (Wildman–Crippen MR) is 128 cm³/mol. The minimum absolute atomic E-state index is 0.0137. The van der Waals surface area contributed by atoms with Crippen LogP contribution in [0.3, 0.4) is 0 Å². The molecule has 4 rings (SSSR count). The number of fused-ring (bicyclic) bond motifs is 1. The topological polar surface area (TPSA) is 71.5 Å². The third-order valence-electron chi connectivity index (χ3n) is 5.43. The van der Waals surface area contributed by atoms with Gasteiger partial charge in [-0.1, -0.05) is 6.07 Å². The summed E-state index contributed by atoms with van der Waals surface area (Å²) in [5.41, 5.74) is 0.276. The summed E-state index contributed by atoms with van der Waals surface area (Å²) in [6.07, 6.45) is 4.83. The first-order valence-electron chi connectivity index (χ1n) is 10.7. The first-order chi connectivity index (χ1) is 16.0. The van der Waals surface area contributed by atoms with Gasteiger partial charge in [0.1, 0.15) is 29.5 Å². The highest BCUT2D eigenvalue weighted by Crippen LogP contribution is 2.34. The van der Waals surface area contributed by atoms with Gasteiger partial charge < -0.3 is 25.0 Å². The summed E-state index contributed by atoms with van der Waals surface area (Å²) in [6, 6.07) is 7.10. The van der Waals surface area contributed by atoms with E-state index in [9.17, 15) is 8.78 Å². The van der Waals surface area contributed by atoms with Crippen LogP contribution in [0.5, 0.6) is 11.5 Å². The zero-order valence-corrected chi connectivity index (χ0v) is 19.1. The molecule has 0 bridgehead atoms. The summed E-state index contributed by atoms with van der Waals surface area (Å²) in [5.74, 6) is -0.0151. The largest absolute Gasteiger partial charge is 0.493 e. The maximum Gasteiger partial charge on any atom is 0.176 e. The number of anilines is 2. The van der Waals surface area contributed by atoms with Gasteiger partial charge in [-0.05, 0) is 62.8 Å². The molecule has 0 amide bonds. The number of halogens is 2. The molecule has 2 heterocycles. The van der Waals surface area contributed by atoms with E-state index in [1.165, 1.54) is 25.2 Å².